The first kappa shape index (κ1) is 20.5. The first-order chi connectivity index (χ1) is 13.9. The molecule has 152 valence electrons. The fraction of sp³-hybridized carbons (Fsp3) is 0.304. The van der Waals surface area contributed by atoms with Crippen LogP contribution in [0.15, 0.2) is 48.0 Å². The van der Waals surface area contributed by atoms with Gasteiger partial charge in [0.05, 0.1) is 18.2 Å². The minimum Gasteiger partial charge on any atom is -0.508 e. The summed E-state index contributed by atoms with van der Waals surface area (Å²) in [5.74, 6) is -0.769. The molecule has 1 aliphatic rings. The molecule has 0 saturated carbocycles. The van der Waals surface area contributed by atoms with Crippen molar-refractivity contribution in [2.24, 2.45) is 0 Å². The fourth-order valence-corrected chi connectivity index (χ4v) is 3.62. The van der Waals surface area contributed by atoms with E-state index >= 15 is 0 Å². The van der Waals surface area contributed by atoms with E-state index in [0.29, 0.717) is 36.4 Å². The Bertz CT molecular complexity index is 962. The molecule has 1 heterocycles. The molecule has 2 aromatic carbocycles. The Morgan fingerprint density at radius 1 is 1.10 bits per heavy atom. The van der Waals surface area contributed by atoms with Crippen molar-refractivity contribution < 1.29 is 24.5 Å². The van der Waals surface area contributed by atoms with E-state index in [9.17, 15) is 19.8 Å². The van der Waals surface area contributed by atoms with Crippen molar-refractivity contribution in [2.45, 2.75) is 33.2 Å². The molecule has 0 aromatic heterocycles. The molecule has 1 atom stereocenters. The highest BCUT2D eigenvalue weighted by atomic mass is 16.5. The van der Waals surface area contributed by atoms with E-state index in [2.05, 4.69) is 0 Å². The number of amides is 1. The lowest BCUT2D eigenvalue weighted by molar-refractivity contribution is -0.139. The van der Waals surface area contributed by atoms with Crippen molar-refractivity contribution in [2.75, 3.05) is 13.2 Å². The molecule has 1 unspecified atom stereocenters. The third kappa shape index (κ3) is 3.83. The van der Waals surface area contributed by atoms with E-state index in [-0.39, 0.29) is 17.1 Å². The number of phenols is 1. The van der Waals surface area contributed by atoms with E-state index < -0.39 is 17.7 Å². The molecule has 0 aliphatic carbocycles. The Morgan fingerprint density at radius 3 is 2.38 bits per heavy atom. The van der Waals surface area contributed by atoms with Crippen LogP contribution in [0.5, 0.6) is 11.5 Å². The zero-order valence-corrected chi connectivity index (χ0v) is 16.8. The predicted octanol–water partition coefficient (Wildman–Crippen LogP) is 3.93. The number of aromatic hydroxyl groups is 1. The molecule has 3 rings (SSSR count). The highest BCUT2D eigenvalue weighted by Crippen LogP contribution is 2.40. The molecular weight excluding hydrogens is 370 g/mol. The maximum absolute atomic E-state index is 12.8. The van der Waals surface area contributed by atoms with E-state index in [4.69, 9.17) is 4.74 Å². The Kier molecular flexibility index (Phi) is 5.92. The normalized spacial score (nSPS) is 18.3. The second-order valence-corrected chi connectivity index (χ2v) is 7.00. The van der Waals surface area contributed by atoms with Crippen LogP contribution in [0.1, 0.15) is 43.0 Å². The van der Waals surface area contributed by atoms with Gasteiger partial charge in [-0.3, -0.25) is 9.59 Å². The number of carbonyl (C=O) groups excluding carboxylic acids is 2. The minimum atomic E-state index is -0.708. The number of hydrogen-bond donors (Lipinski definition) is 2. The largest absolute Gasteiger partial charge is 0.508 e. The zero-order chi connectivity index (χ0) is 21.1. The fourth-order valence-electron chi connectivity index (χ4n) is 3.62. The van der Waals surface area contributed by atoms with Crippen LogP contribution in [0.3, 0.4) is 0 Å². The third-order valence-corrected chi connectivity index (χ3v) is 4.96. The summed E-state index contributed by atoms with van der Waals surface area (Å²) in [6.45, 7) is 6.57. The summed E-state index contributed by atoms with van der Waals surface area (Å²) in [5, 5.41) is 20.6. The van der Waals surface area contributed by atoms with E-state index in [0.717, 1.165) is 5.56 Å². The summed E-state index contributed by atoms with van der Waals surface area (Å²) in [4.78, 5) is 27.0. The lowest BCUT2D eigenvalue weighted by Crippen LogP contribution is -2.30. The number of ketones is 1. The standard InChI is InChI=1S/C23H25NO5/c1-4-12-24-20(15-6-9-17(25)10-7-15)19(22(27)23(24)28)21(26)16-8-11-18(29-5-2)14(3)13-16/h6-11,13,20,25-26H,4-5,12H2,1-3H3/b21-19-. The van der Waals surface area contributed by atoms with Crippen molar-refractivity contribution in [3.8, 4) is 11.5 Å². The van der Waals surface area contributed by atoms with Gasteiger partial charge in [0.2, 0.25) is 0 Å². The highest BCUT2D eigenvalue weighted by molar-refractivity contribution is 6.46. The van der Waals surface area contributed by atoms with Gasteiger partial charge in [-0.25, -0.2) is 0 Å². The molecule has 6 nitrogen and oxygen atoms in total. The molecule has 1 aliphatic heterocycles. The molecule has 2 aromatic rings. The molecular formula is C23H25NO5. The molecule has 29 heavy (non-hydrogen) atoms. The Morgan fingerprint density at radius 2 is 1.79 bits per heavy atom. The molecule has 0 radical (unpaired) electrons. The van der Waals surface area contributed by atoms with Gasteiger partial charge in [-0.1, -0.05) is 19.1 Å². The monoisotopic (exact) mass is 395 g/mol. The number of Topliss-reactive ketones (excluding diaryl/α,β-unsaturated/α-hetero) is 1. The second kappa shape index (κ2) is 8.39. The number of rotatable bonds is 6. The molecule has 1 fully saturated rings. The van der Waals surface area contributed by atoms with Gasteiger partial charge in [0.15, 0.2) is 0 Å². The van der Waals surface area contributed by atoms with Gasteiger partial charge in [0.25, 0.3) is 11.7 Å². The number of aliphatic hydroxyl groups is 1. The molecule has 2 N–H and O–H groups in total. The summed E-state index contributed by atoms with van der Waals surface area (Å²) in [6.07, 6.45) is 0.670. The molecule has 0 bridgehead atoms. The van der Waals surface area contributed by atoms with E-state index in [1.807, 2.05) is 20.8 Å². The number of aryl methyl sites for hydroxylation is 1. The topological polar surface area (TPSA) is 87.1 Å². The van der Waals surface area contributed by atoms with Crippen molar-refractivity contribution in [1.29, 1.82) is 0 Å². The van der Waals surface area contributed by atoms with Gasteiger partial charge in [0.1, 0.15) is 17.3 Å². The van der Waals surface area contributed by atoms with Crippen LogP contribution in [0.25, 0.3) is 5.76 Å². The Balaban J connectivity index is 2.14. The van der Waals surface area contributed by atoms with Crippen molar-refractivity contribution in [3.63, 3.8) is 0 Å². The minimum absolute atomic E-state index is 0.0534. The van der Waals surface area contributed by atoms with Crippen molar-refractivity contribution in [3.05, 3.63) is 64.7 Å². The number of likely N-dealkylation sites (tertiary alicyclic amines) is 1. The van der Waals surface area contributed by atoms with Gasteiger partial charge in [-0.15, -0.1) is 0 Å². The first-order valence-electron chi connectivity index (χ1n) is 9.70. The van der Waals surface area contributed by atoms with Crippen LogP contribution in [0.2, 0.25) is 0 Å². The number of aliphatic hydroxyl groups excluding tert-OH is 1. The number of benzene rings is 2. The van der Waals surface area contributed by atoms with Gasteiger partial charge in [-0.05, 0) is 61.7 Å². The molecule has 0 spiro atoms. The first-order valence-corrected chi connectivity index (χ1v) is 9.70. The Labute approximate surface area is 170 Å². The predicted molar refractivity (Wildman–Crippen MR) is 110 cm³/mol. The summed E-state index contributed by atoms with van der Waals surface area (Å²) in [5.41, 5.74) is 1.97. The maximum atomic E-state index is 12.8. The lowest BCUT2D eigenvalue weighted by atomic mass is 9.94. The highest BCUT2D eigenvalue weighted by Gasteiger charge is 2.45. The van der Waals surface area contributed by atoms with Crippen LogP contribution in [-0.2, 0) is 9.59 Å². The average Bonchev–Trinajstić information content (AvgIpc) is 2.95. The third-order valence-electron chi connectivity index (χ3n) is 4.96. The Hall–Kier alpha value is -3.28. The van der Waals surface area contributed by atoms with Gasteiger partial charge < -0.3 is 19.8 Å². The zero-order valence-electron chi connectivity index (χ0n) is 16.8. The SMILES string of the molecule is CCCN1C(=O)C(=O)/C(=C(\O)c2ccc(OCC)c(C)c2)C1c1ccc(O)cc1. The van der Waals surface area contributed by atoms with E-state index in [1.54, 1.807) is 30.3 Å². The maximum Gasteiger partial charge on any atom is 0.295 e. The van der Waals surface area contributed by atoms with Crippen molar-refractivity contribution in [1.82, 2.24) is 4.90 Å². The van der Waals surface area contributed by atoms with Crippen LogP contribution in [0, 0.1) is 6.92 Å². The van der Waals surface area contributed by atoms with Gasteiger partial charge in [-0.2, -0.15) is 0 Å². The summed E-state index contributed by atoms with van der Waals surface area (Å²) < 4.78 is 5.54. The van der Waals surface area contributed by atoms with Crippen LogP contribution >= 0.6 is 0 Å². The molecule has 6 heteroatoms. The summed E-state index contributed by atoms with van der Waals surface area (Å²) in [6, 6.07) is 10.8. The van der Waals surface area contributed by atoms with Gasteiger partial charge >= 0.3 is 0 Å². The van der Waals surface area contributed by atoms with Crippen molar-refractivity contribution >= 4 is 17.4 Å². The van der Waals surface area contributed by atoms with Gasteiger partial charge in [0, 0.05) is 12.1 Å². The molecule has 1 saturated heterocycles. The van der Waals surface area contributed by atoms with Crippen LogP contribution in [-0.4, -0.2) is 40.0 Å². The number of hydrogen-bond acceptors (Lipinski definition) is 5. The lowest BCUT2D eigenvalue weighted by Gasteiger charge is -2.25. The van der Waals surface area contributed by atoms with E-state index in [1.165, 1.54) is 17.0 Å². The summed E-state index contributed by atoms with van der Waals surface area (Å²) in [7, 11) is 0. The summed E-state index contributed by atoms with van der Waals surface area (Å²) >= 11 is 0. The van der Waals surface area contributed by atoms with Crippen LogP contribution < -0.4 is 4.74 Å². The average molecular weight is 395 g/mol. The second-order valence-electron chi connectivity index (χ2n) is 7.00. The smallest absolute Gasteiger partial charge is 0.295 e. The molecule has 1 amide bonds. The number of carbonyl (C=O) groups is 2. The number of ether oxygens (including phenoxy) is 1. The van der Waals surface area contributed by atoms with Crippen LogP contribution in [0.4, 0.5) is 0 Å². The number of nitrogens with zero attached hydrogens (tertiary/aromatic N) is 1. The quantitative estimate of drug-likeness (QED) is 0.440. The number of phenolic OH excluding ortho intramolecular Hbond substituents is 1.